The van der Waals surface area contributed by atoms with E-state index in [1.807, 2.05) is 0 Å². The highest BCUT2D eigenvalue weighted by Crippen LogP contribution is 2.50. The molecule has 0 fully saturated rings. The standard InChI is InChI=1S/C16H36N.FH/c1-13(2,3)17(14(4,5)6,15(7,8)9)16(10,11)12;/h1-12H3;1H/q+1;/p-1. The molecule has 0 rings (SSSR count). The van der Waals surface area contributed by atoms with Gasteiger partial charge in [-0.2, -0.15) is 0 Å². The molecule has 0 aliphatic rings. The van der Waals surface area contributed by atoms with E-state index in [4.69, 9.17) is 0 Å². The third kappa shape index (κ3) is 2.74. The summed E-state index contributed by atoms with van der Waals surface area (Å²) in [4.78, 5) is 0. The molecule has 18 heavy (non-hydrogen) atoms. The zero-order valence-corrected chi connectivity index (χ0v) is 14.8. The molecule has 0 aromatic carbocycles. The minimum atomic E-state index is 0. The molecule has 0 N–H and O–H groups in total. The predicted molar refractivity (Wildman–Crippen MR) is 79.3 cm³/mol. The number of halogens is 1. The molecule has 0 atom stereocenters. The third-order valence-electron chi connectivity index (χ3n) is 4.02. The van der Waals surface area contributed by atoms with Crippen molar-refractivity contribution >= 4 is 0 Å². The fourth-order valence-corrected chi connectivity index (χ4v) is 6.04. The Kier molecular flexibility index (Phi) is 5.36. The lowest BCUT2D eigenvalue weighted by Gasteiger charge is -2.70. The van der Waals surface area contributed by atoms with Gasteiger partial charge in [0.2, 0.25) is 0 Å². The van der Waals surface area contributed by atoms with Gasteiger partial charge in [0.25, 0.3) is 0 Å². The van der Waals surface area contributed by atoms with Crippen LogP contribution in [0.15, 0.2) is 0 Å². The fraction of sp³-hybridized carbons (Fsp3) is 1.00. The molecule has 0 spiro atoms. The van der Waals surface area contributed by atoms with Crippen LogP contribution in [-0.2, 0) is 0 Å². The van der Waals surface area contributed by atoms with Gasteiger partial charge in [0, 0.05) is 0 Å². The molecule has 0 heterocycles. The lowest BCUT2D eigenvalue weighted by Crippen LogP contribution is -3.00. The maximum Gasteiger partial charge on any atom is 0.0918 e. The normalized spacial score (nSPS) is 15.3. The van der Waals surface area contributed by atoms with Crippen molar-refractivity contribution in [3.63, 3.8) is 0 Å². The first-order chi connectivity index (χ1) is 7.00. The van der Waals surface area contributed by atoms with Gasteiger partial charge in [-0.05, 0) is 83.1 Å². The van der Waals surface area contributed by atoms with Gasteiger partial charge >= 0.3 is 0 Å². The van der Waals surface area contributed by atoms with Crippen LogP contribution in [0.2, 0.25) is 0 Å². The lowest BCUT2D eigenvalue weighted by molar-refractivity contribution is -1.08. The Morgan fingerprint density at radius 2 is 0.500 bits per heavy atom. The zero-order chi connectivity index (χ0) is 14.5. The number of hydrogen-bond acceptors (Lipinski definition) is 0. The molecule has 0 aromatic rings. The van der Waals surface area contributed by atoms with Crippen molar-refractivity contribution in [2.45, 2.75) is 105 Å². The molecular formula is C16H36FN. The molecule has 2 heteroatoms. The SMILES string of the molecule is CC(C)(C)[N+](C(C)(C)C)(C(C)(C)C)C(C)(C)C.[F-]. The van der Waals surface area contributed by atoms with E-state index < -0.39 is 0 Å². The van der Waals surface area contributed by atoms with Gasteiger partial charge in [-0.3, -0.25) is 0 Å². The van der Waals surface area contributed by atoms with E-state index in [0.717, 1.165) is 4.48 Å². The molecule has 0 saturated carbocycles. The highest BCUT2D eigenvalue weighted by molar-refractivity contribution is 4.88. The Morgan fingerprint density at radius 3 is 0.500 bits per heavy atom. The van der Waals surface area contributed by atoms with Crippen LogP contribution in [0.1, 0.15) is 83.1 Å². The van der Waals surface area contributed by atoms with Crippen molar-refractivity contribution in [2.24, 2.45) is 0 Å². The Hall–Kier alpha value is -0.110. The average molecular weight is 261 g/mol. The second-order valence-corrected chi connectivity index (χ2v) is 9.35. The summed E-state index contributed by atoms with van der Waals surface area (Å²) in [5, 5.41) is 0. The first kappa shape index (κ1) is 20.2. The molecule has 0 saturated heterocycles. The summed E-state index contributed by atoms with van der Waals surface area (Å²) in [6.07, 6.45) is 0. The minimum absolute atomic E-state index is 0. The summed E-state index contributed by atoms with van der Waals surface area (Å²) < 4.78 is 1.08. The molecule has 0 aliphatic carbocycles. The largest absolute Gasteiger partial charge is 1.00 e. The molecule has 0 radical (unpaired) electrons. The summed E-state index contributed by atoms with van der Waals surface area (Å²) in [5.41, 5.74) is 0.812. The molecule has 112 valence electrons. The van der Waals surface area contributed by atoms with Crippen LogP contribution in [-0.4, -0.2) is 26.6 Å². The van der Waals surface area contributed by atoms with Crippen LogP contribution in [0.5, 0.6) is 0 Å². The lowest BCUT2D eigenvalue weighted by atomic mass is 9.75. The van der Waals surface area contributed by atoms with E-state index in [2.05, 4.69) is 83.1 Å². The van der Waals surface area contributed by atoms with Gasteiger partial charge < -0.3 is 9.19 Å². The zero-order valence-electron chi connectivity index (χ0n) is 14.8. The Balaban J connectivity index is 0. The first-order valence-corrected chi connectivity index (χ1v) is 6.89. The smallest absolute Gasteiger partial charge is 0.0918 e. The van der Waals surface area contributed by atoms with E-state index in [1.165, 1.54) is 0 Å². The van der Waals surface area contributed by atoms with Crippen molar-refractivity contribution in [3.8, 4) is 0 Å². The maximum atomic E-state index is 2.38. The molecule has 0 unspecified atom stereocenters. The van der Waals surface area contributed by atoms with Crippen molar-refractivity contribution in [2.75, 3.05) is 0 Å². The van der Waals surface area contributed by atoms with Crippen molar-refractivity contribution in [1.29, 1.82) is 0 Å². The van der Waals surface area contributed by atoms with Crippen LogP contribution < -0.4 is 4.70 Å². The summed E-state index contributed by atoms with van der Waals surface area (Å²) in [6.45, 7) is 28.6. The van der Waals surface area contributed by atoms with Crippen molar-refractivity contribution in [3.05, 3.63) is 0 Å². The summed E-state index contributed by atoms with van der Waals surface area (Å²) in [5.74, 6) is 0. The quantitative estimate of drug-likeness (QED) is 0.585. The number of rotatable bonds is 0. The molecule has 0 aromatic heterocycles. The van der Waals surface area contributed by atoms with E-state index >= 15 is 0 Å². The first-order valence-electron chi connectivity index (χ1n) is 6.89. The van der Waals surface area contributed by atoms with Gasteiger partial charge in [-0.15, -0.1) is 0 Å². The van der Waals surface area contributed by atoms with E-state index in [0.29, 0.717) is 0 Å². The van der Waals surface area contributed by atoms with E-state index in [1.54, 1.807) is 0 Å². The molecule has 1 nitrogen and oxygen atoms in total. The third-order valence-corrected chi connectivity index (χ3v) is 4.02. The number of nitrogens with zero attached hydrogens (tertiary/aromatic N) is 1. The topological polar surface area (TPSA) is 0 Å². The average Bonchev–Trinajstić information content (AvgIpc) is 1.67. The monoisotopic (exact) mass is 261 g/mol. The summed E-state index contributed by atoms with van der Waals surface area (Å²) >= 11 is 0. The second kappa shape index (κ2) is 4.77. The predicted octanol–water partition coefficient (Wildman–Crippen LogP) is 2.00. The highest BCUT2D eigenvalue weighted by atomic mass is 19.0. The molecule has 0 aliphatic heterocycles. The minimum Gasteiger partial charge on any atom is -1.00 e. The fourth-order valence-electron chi connectivity index (χ4n) is 6.04. The number of hydrogen-bond donors (Lipinski definition) is 0. The molecule has 0 bridgehead atoms. The van der Waals surface area contributed by atoms with Gasteiger partial charge in [-0.1, -0.05) is 0 Å². The Labute approximate surface area is 115 Å². The van der Waals surface area contributed by atoms with Crippen LogP contribution in [0.3, 0.4) is 0 Å². The van der Waals surface area contributed by atoms with Gasteiger partial charge in [0.15, 0.2) is 0 Å². The van der Waals surface area contributed by atoms with Crippen LogP contribution >= 0.6 is 0 Å². The second-order valence-electron chi connectivity index (χ2n) is 9.35. The van der Waals surface area contributed by atoms with Gasteiger partial charge in [0.1, 0.15) is 0 Å². The highest BCUT2D eigenvalue weighted by Gasteiger charge is 2.62. The molecular weight excluding hydrogens is 225 g/mol. The Morgan fingerprint density at radius 1 is 0.389 bits per heavy atom. The van der Waals surface area contributed by atoms with E-state index in [9.17, 15) is 0 Å². The Bertz CT molecular complexity index is 204. The maximum absolute atomic E-state index is 2.38. The van der Waals surface area contributed by atoms with E-state index in [-0.39, 0.29) is 26.9 Å². The molecule has 0 amide bonds. The van der Waals surface area contributed by atoms with Gasteiger partial charge in [-0.25, -0.2) is 0 Å². The number of quaternary nitrogens is 1. The summed E-state index contributed by atoms with van der Waals surface area (Å²) in [7, 11) is 0. The van der Waals surface area contributed by atoms with Crippen molar-refractivity contribution in [1.82, 2.24) is 0 Å². The van der Waals surface area contributed by atoms with Crippen LogP contribution in [0.4, 0.5) is 0 Å². The van der Waals surface area contributed by atoms with Gasteiger partial charge in [0.05, 0.1) is 22.2 Å². The van der Waals surface area contributed by atoms with Crippen LogP contribution in [0.25, 0.3) is 0 Å². The van der Waals surface area contributed by atoms with Crippen LogP contribution in [0, 0.1) is 0 Å². The van der Waals surface area contributed by atoms with Crippen molar-refractivity contribution < 1.29 is 9.19 Å². The summed E-state index contributed by atoms with van der Waals surface area (Å²) in [6, 6.07) is 0.